The van der Waals surface area contributed by atoms with Gasteiger partial charge in [-0.15, -0.1) is 0 Å². The summed E-state index contributed by atoms with van der Waals surface area (Å²) in [6.45, 7) is 1.03. The molecule has 0 aromatic heterocycles. The first-order valence-electron chi connectivity index (χ1n) is 3.40. The lowest BCUT2D eigenvalue weighted by molar-refractivity contribution is -0.267. The smallest absolute Gasteiger partial charge is 0.387 e. The summed E-state index contributed by atoms with van der Waals surface area (Å²) in [5, 5.41) is 8.43. The fourth-order valence-corrected chi connectivity index (χ4v) is 0.659. The number of aliphatic hydroxyl groups excluding tert-OH is 1. The van der Waals surface area contributed by atoms with E-state index >= 15 is 0 Å². The number of alkyl halides is 6. The van der Waals surface area contributed by atoms with Gasteiger partial charge in [0.2, 0.25) is 0 Å². The van der Waals surface area contributed by atoms with Crippen molar-refractivity contribution in [2.75, 3.05) is 0 Å². The lowest BCUT2D eigenvalue weighted by atomic mass is 10.1. The molecule has 0 aliphatic rings. The molecule has 13 heavy (non-hydrogen) atoms. The van der Waals surface area contributed by atoms with Gasteiger partial charge in [0.25, 0.3) is 6.17 Å². The highest BCUT2D eigenvalue weighted by atomic mass is 19.4. The van der Waals surface area contributed by atoms with Gasteiger partial charge in [0.1, 0.15) is 6.10 Å². The Labute approximate surface area is 70.4 Å². The maximum atomic E-state index is 12.4. The minimum atomic E-state index is -5.65. The Morgan fingerprint density at radius 2 is 1.54 bits per heavy atom. The molecule has 1 nitrogen and oxygen atoms in total. The molecule has 0 aliphatic carbocycles. The molecule has 2 unspecified atom stereocenters. The lowest BCUT2D eigenvalue weighted by Crippen LogP contribution is -2.49. The predicted molar refractivity (Wildman–Crippen MR) is 32.2 cm³/mol. The Kier molecular flexibility index (Phi) is 3.60. The summed E-state index contributed by atoms with van der Waals surface area (Å²) in [7, 11) is 0. The van der Waals surface area contributed by atoms with Gasteiger partial charge < -0.3 is 5.11 Å². The molecule has 7 heteroatoms. The first-order valence-corrected chi connectivity index (χ1v) is 3.40. The Hall–Kier alpha value is -0.460. The topological polar surface area (TPSA) is 20.2 Å². The summed E-state index contributed by atoms with van der Waals surface area (Å²) < 4.78 is 71.2. The molecule has 0 saturated carbocycles. The van der Waals surface area contributed by atoms with Gasteiger partial charge in [0.05, 0.1) is 0 Å². The summed E-state index contributed by atoms with van der Waals surface area (Å²) >= 11 is 0. The zero-order valence-electron chi connectivity index (χ0n) is 6.58. The Balaban J connectivity index is 4.63. The van der Waals surface area contributed by atoms with Crippen LogP contribution in [0, 0.1) is 0 Å². The summed E-state index contributed by atoms with van der Waals surface area (Å²) in [6, 6.07) is 0. The molecular formula is C6H8F6O. The van der Waals surface area contributed by atoms with E-state index < -0.39 is 30.8 Å². The normalized spacial score (nSPS) is 18.5. The van der Waals surface area contributed by atoms with Crippen molar-refractivity contribution in [3.63, 3.8) is 0 Å². The molecule has 0 amide bonds. The van der Waals surface area contributed by atoms with E-state index in [0.717, 1.165) is 6.92 Å². The van der Waals surface area contributed by atoms with Crippen LogP contribution in [-0.4, -0.2) is 29.5 Å². The summed E-state index contributed by atoms with van der Waals surface area (Å²) in [5.41, 5.74) is 0. The van der Waals surface area contributed by atoms with E-state index in [0.29, 0.717) is 0 Å². The standard InChI is InChI=1S/C6H8F6O/c1-2-3(13)5(8,9)4(7)6(10,11)12/h3-4,13H,2H2,1H3. The first-order chi connectivity index (χ1) is 5.64. The van der Waals surface area contributed by atoms with Gasteiger partial charge in [0.15, 0.2) is 0 Å². The molecule has 0 aromatic rings. The van der Waals surface area contributed by atoms with Crippen molar-refractivity contribution < 1.29 is 31.4 Å². The van der Waals surface area contributed by atoms with Crippen LogP contribution in [0.5, 0.6) is 0 Å². The van der Waals surface area contributed by atoms with Crippen molar-refractivity contribution >= 4 is 0 Å². The zero-order valence-corrected chi connectivity index (χ0v) is 6.58. The molecule has 0 fully saturated rings. The SMILES string of the molecule is CCC(O)C(F)(F)C(F)C(F)(F)F. The van der Waals surface area contributed by atoms with Gasteiger partial charge in [0, 0.05) is 0 Å². The Morgan fingerprint density at radius 3 is 1.77 bits per heavy atom. The Morgan fingerprint density at radius 1 is 1.15 bits per heavy atom. The fraction of sp³-hybridized carbons (Fsp3) is 1.00. The lowest BCUT2D eigenvalue weighted by Gasteiger charge is -2.26. The van der Waals surface area contributed by atoms with Crippen molar-refractivity contribution in [1.82, 2.24) is 0 Å². The second-order valence-electron chi connectivity index (χ2n) is 2.50. The minimum Gasteiger partial charge on any atom is -0.387 e. The molecule has 2 atom stereocenters. The number of hydrogen-bond acceptors (Lipinski definition) is 1. The van der Waals surface area contributed by atoms with Crippen molar-refractivity contribution in [2.45, 2.75) is 37.7 Å². The number of aliphatic hydroxyl groups is 1. The van der Waals surface area contributed by atoms with Gasteiger partial charge in [-0.25, -0.2) is 13.2 Å². The molecule has 80 valence electrons. The van der Waals surface area contributed by atoms with E-state index in [4.69, 9.17) is 5.11 Å². The molecule has 0 bridgehead atoms. The number of rotatable bonds is 3. The van der Waals surface area contributed by atoms with E-state index in [1.165, 1.54) is 0 Å². The first kappa shape index (κ1) is 12.5. The van der Waals surface area contributed by atoms with Crippen LogP contribution in [0.1, 0.15) is 13.3 Å². The van der Waals surface area contributed by atoms with E-state index in [2.05, 4.69) is 0 Å². The van der Waals surface area contributed by atoms with E-state index in [-0.39, 0.29) is 0 Å². The molecule has 0 aromatic carbocycles. The van der Waals surface area contributed by atoms with Crippen LogP contribution >= 0.6 is 0 Å². The molecular weight excluding hydrogens is 202 g/mol. The highest BCUT2D eigenvalue weighted by molar-refractivity contribution is 4.88. The van der Waals surface area contributed by atoms with Crippen LogP contribution in [0.25, 0.3) is 0 Å². The van der Waals surface area contributed by atoms with Gasteiger partial charge in [-0.05, 0) is 6.42 Å². The third kappa shape index (κ3) is 2.75. The average Bonchev–Trinajstić information content (AvgIpc) is 1.99. The third-order valence-electron chi connectivity index (χ3n) is 1.46. The van der Waals surface area contributed by atoms with Gasteiger partial charge in [-0.2, -0.15) is 13.2 Å². The maximum absolute atomic E-state index is 12.4. The Bertz CT molecular complexity index is 165. The minimum absolute atomic E-state index is 0.649. The van der Waals surface area contributed by atoms with Crippen LogP contribution in [-0.2, 0) is 0 Å². The predicted octanol–water partition coefficient (Wildman–Crippen LogP) is 2.29. The highest BCUT2D eigenvalue weighted by Gasteiger charge is 2.59. The van der Waals surface area contributed by atoms with E-state index in [1.54, 1.807) is 0 Å². The van der Waals surface area contributed by atoms with Crippen LogP contribution in [0.4, 0.5) is 26.3 Å². The molecule has 0 radical (unpaired) electrons. The largest absolute Gasteiger partial charge is 0.425 e. The quantitative estimate of drug-likeness (QED) is 0.708. The second-order valence-corrected chi connectivity index (χ2v) is 2.50. The number of hydrogen-bond donors (Lipinski definition) is 1. The van der Waals surface area contributed by atoms with Crippen LogP contribution in [0.15, 0.2) is 0 Å². The van der Waals surface area contributed by atoms with E-state index in [9.17, 15) is 26.3 Å². The van der Waals surface area contributed by atoms with Crippen molar-refractivity contribution in [3.8, 4) is 0 Å². The van der Waals surface area contributed by atoms with Crippen molar-refractivity contribution in [3.05, 3.63) is 0 Å². The summed E-state index contributed by atoms with van der Waals surface area (Å²) in [5.74, 6) is -4.78. The molecule has 1 N–H and O–H groups in total. The molecule has 0 spiro atoms. The molecule has 0 aliphatic heterocycles. The monoisotopic (exact) mass is 210 g/mol. The van der Waals surface area contributed by atoms with Crippen LogP contribution in [0.3, 0.4) is 0 Å². The summed E-state index contributed by atoms with van der Waals surface area (Å²) in [4.78, 5) is 0. The van der Waals surface area contributed by atoms with Crippen LogP contribution < -0.4 is 0 Å². The van der Waals surface area contributed by atoms with Crippen LogP contribution in [0.2, 0.25) is 0 Å². The molecule has 0 saturated heterocycles. The van der Waals surface area contributed by atoms with Gasteiger partial charge in [-0.1, -0.05) is 6.92 Å². The third-order valence-corrected chi connectivity index (χ3v) is 1.46. The van der Waals surface area contributed by atoms with Crippen molar-refractivity contribution in [2.24, 2.45) is 0 Å². The zero-order chi connectivity index (χ0) is 10.9. The maximum Gasteiger partial charge on any atom is 0.425 e. The molecule has 0 heterocycles. The highest BCUT2D eigenvalue weighted by Crippen LogP contribution is 2.37. The fourth-order valence-electron chi connectivity index (χ4n) is 0.659. The second kappa shape index (κ2) is 3.73. The van der Waals surface area contributed by atoms with Gasteiger partial charge >= 0.3 is 12.1 Å². The van der Waals surface area contributed by atoms with Gasteiger partial charge in [-0.3, -0.25) is 0 Å². The molecule has 0 rings (SSSR count). The number of halogens is 6. The van der Waals surface area contributed by atoms with Crippen molar-refractivity contribution in [1.29, 1.82) is 0 Å². The van der Waals surface area contributed by atoms with E-state index in [1.807, 2.05) is 0 Å². The average molecular weight is 210 g/mol. The summed E-state index contributed by atoms with van der Waals surface area (Å²) in [6.07, 6.45) is -13.2.